The third-order valence-electron chi connectivity index (χ3n) is 7.53. The van der Waals surface area contributed by atoms with Crippen LogP contribution in [0.3, 0.4) is 0 Å². The number of rotatable bonds is 12. The second kappa shape index (κ2) is 15.1. The second-order valence-corrected chi connectivity index (χ2v) is 10.9. The number of Topliss-reactive ketones (excluding diaryl/α,β-unsaturated/α-hetero) is 1. The third-order valence-corrected chi connectivity index (χ3v) is 7.53. The van der Waals surface area contributed by atoms with Crippen LogP contribution < -0.4 is 10.6 Å². The van der Waals surface area contributed by atoms with Crippen molar-refractivity contribution in [2.75, 3.05) is 19.8 Å². The number of hydrogen-bond donors (Lipinski definition) is 3. The van der Waals surface area contributed by atoms with Crippen molar-refractivity contribution in [2.45, 2.75) is 70.2 Å². The number of aliphatic hydroxyl groups is 1. The van der Waals surface area contributed by atoms with E-state index in [9.17, 15) is 33.9 Å². The van der Waals surface area contributed by atoms with E-state index in [1.165, 1.54) is 6.92 Å². The number of carbonyl (C=O) groups excluding carboxylic acids is 6. The van der Waals surface area contributed by atoms with Crippen molar-refractivity contribution in [3.05, 3.63) is 59.7 Å². The minimum atomic E-state index is -1.60. The monoisotopic (exact) mass is 640 g/mol. The van der Waals surface area contributed by atoms with Crippen molar-refractivity contribution in [1.29, 1.82) is 0 Å². The van der Waals surface area contributed by atoms with Gasteiger partial charge in [-0.3, -0.25) is 29.3 Å². The summed E-state index contributed by atoms with van der Waals surface area (Å²) in [7, 11) is 0. The van der Waals surface area contributed by atoms with Gasteiger partial charge in [-0.15, -0.1) is 0 Å². The molecule has 14 heteroatoms. The molecule has 2 aromatic carbocycles. The summed E-state index contributed by atoms with van der Waals surface area (Å²) in [4.78, 5) is 74.1. The van der Waals surface area contributed by atoms with Gasteiger partial charge in [0.15, 0.2) is 12.2 Å². The van der Waals surface area contributed by atoms with Crippen LogP contribution in [0.1, 0.15) is 44.7 Å². The summed E-state index contributed by atoms with van der Waals surface area (Å²) in [5, 5.41) is 15.4. The molecule has 4 rings (SSSR count). The van der Waals surface area contributed by atoms with Gasteiger partial charge in [0.25, 0.3) is 5.78 Å². The molecule has 1 saturated heterocycles. The summed E-state index contributed by atoms with van der Waals surface area (Å²) in [6.45, 7) is 2.98. The first-order valence-corrected chi connectivity index (χ1v) is 14.6. The van der Waals surface area contributed by atoms with Crippen LogP contribution in [0.5, 0.6) is 0 Å². The lowest BCUT2D eigenvalue weighted by Crippen LogP contribution is -2.70. The molecule has 3 N–H and O–H groups in total. The first-order chi connectivity index (χ1) is 21.9. The highest BCUT2D eigenvalue weighted by atomic mass is 16.6. The Balaban J connectivity index is 1.54. The lowest BCUT2D eigenvalue weighted by Gasteiger charge is -2.46. The van der Waals surface area contributed by atoms with Crippen molar-refractivity contribution in [1.82, 2.24) is 10.6 Å². The number of nitrogens with one attached hydrogen (secondary N) is 2. The molecule has 1 aliphatic carbocycles. The topological polar surface area (TPSA) is 193 Å². The van der Waals surface area contributed by atoms with Crippen molar-refractivity contribution in [2.24, 2.45) is 0 Å². The molecule has 0 spiro atoms. The number of amides is 1. The standard InChI is InChI=1S/C32H36N2O12/c1-16(36)33-27-30(45-19(4)39)29(44-18(3)38)26(15-42-17(2)37)46-31(27)34-25(13-35)28(40)32(41)43-14-24-22-11-7-5-9-20(22)21-10-6-8-12-23(21)24/h5-12,24-27,29-31,34-35H,13-15H2,1-4H3,(H,33,36)/t25-,26?,27?,29?,30+,31+/m0/s1. The number of benzene rings is 2. The van der Waals surface area contributed by atoms with Crippen molar-refractivity contribution < 1.29 is 57.6 Å². The molecular formula is C32H36N2O12. The Morgan fingerprint density at radius 2 is 1.35 bits per heavy atom. The van der Waals surface area contributed by atoms with E-state index < -0.39 is 85.4 Å². The summed E-state index contributed by atoms with van der Waals surface area (Å²) in [6.07, 6.45) is -5.45. The van der Waals surface area contributed by atoms with E-state index in [0.29, 0.717) is 0 Å². The van der Waals surface area contributed by atoms with Crippen LogP contribution in [0.25, 0.3) is 11.1 Å². The maximum absolute atomic E-state index is 13.3. The van der Waals surface area contributed by atoms with Crippen molar-refractivity contribution >= 4 is 35.6 Å². The van der Waals surface area contributed by atoms with Gasteiger partial charge < -0.3 is 34.1 Å². The van der Waals surface area contributed by atoms with E-state index in [1.807, 2.05) is 48.5 Å². The predicted octanol–water partition coefficient (Wildman–Crippen LogP) is 0.518. The maximum atomic E-state index is 13.3. The average Bonchev–Trinajstić information content (AvgIpc) is 3.32. The molecule has 0 aromatic heterocycles. The first-order valence-electron chi connectivity index (χ1n) is 14.6. The van der Waals surface area contributed by atoms with E-state index in [2.05, 4.69) is 10.6 Å². The quantitative estimate of drug-likeness (QED) is 0.165. The molecule has 0 saturated carbocycles. The van der Waals surface area contributed by atoms with E-state index in [4.69, 9.17) is 23.7 Å². The van der Waals surface area contributed by atoms with Gasteiger partial charge in [-0.1, -0.05) is 48.5 Å². The van der Waals surface area contributed by atoms with Gasteiger partial charge in [0, 0.05) is 33.6 Å². The highest BCUT2D eigenvalue weighted by molar-refractivity contribution is 6.35. The Hall–Kier alpha value is -4.66. The third kappa shape index (κ3) is 7.94. The molecule has 14 nitrogen and oxygen atoms in total. The van der Waals surface area contributed by atoms with E-state index in [0.717, 1.165) is 43.0 Å². The number of aliphatic hydroxyl groups excluding tert-OH is 1. The van der Waals surface area contributed by atoms with Crippen LogP contribution in [0, 0.1) is 0 Å². The van der Waals surface area contributed by atoms with Crippen molar-refractivity contribution in [3.63, 3.8) is 0 Å². The fourth-order valence-electron chi connectivity index (χ4n) is 5.70. The summed E-state index contributed by atoms with van der Waals surface area (Å²) < 4.78 is 27.3. The maximum Gasteiger partial charge on any atom is 0.376 e. The van der Waals surface area contributed by atoms with Crippen LogP contribution in [-0.4, -0.2) is 97.1 Å². The second-order valence-electron chi connectivity index (χ2n) is 10.9. The summed E-state index contributed by atoms with van der Waals surface area (Å²) in [5.41, 5.74) is 3.87. The molecule has 1 heterocycles. The Morgan fingerprint density at radius 3 is 1.87 bits per heavy atom. The molecule has 0 radical (unpaired) electrons. The molecule has 3 unspecified atom stereocenters. The SMILES string of the molecule is CC(=O)NC1[C@@H](OC(C)=O)C(OC(C)=O)C(COC(C)=O)O[C@H]1N[C@@H](CO)C(=O)C(=O)OCC1c2ccccc2-c2ccccc21. The number of carbonyl (C=O) groups is 6. The van der Waals surface area contributed by atoms with Crippen LogP contribution in [0.4, 0.5) is 0 Å². The molecule has 1 aliphatic heterocycles. The smallest absolute Gasteiger partial charge is 0.376 e. The minimum Gasteiger partial charge on any atom is -0.463 e. The molecule has 0 bridgehead atoms. The summed E-state index contributed by atoms with van der Waals surface area (Å²) >= 11 is 0. The fraction of sp³-hybridized carbons (Fsp3) is 0.438. The molecule has 1 amide bonds. The minimum absolute atomic E-state index is 0.145. The zero-order chi connectivity index (χ0) is 33.5. The fourth-order valence-corrected chi connectivity index (χ4v) is 5.70. The Kier molecular flexibility index (Phi) is 11.2. The van der Waals surface area contributed by atoms with Crippen LogP contribution in [0.15, 0.2) is 48.5 Å². The highest BCUT2D eigenvalue weighted by Crippen LogP contribution is 2.44. The Bertz CT molecular complexity index is 1450. The molecule has 46 heavy (non-hydrogen) atoms. The van der Waals surface area contributed by atoms with E-state index >= 15 is 0 Å². The van der Waals surface area contributed by atoms with Crippen molar-refractivity contribution in [3.8, 4) is 11.1 Å². The summed E-state index contributed by atoms with van der Waals surface area (Å²) in [6, 6.07) is 12.4. The lowest BCUT2D eigenvalue weighted by atomic mass is 9.94. The molecule has 2 aromatic rings. The Labute approximate surface area is 264 Å². The molecular weight excluding hydrogens is 604 g/mol. The number of ether oxygens (including phenoxy) is 5. The molecule has 6 atom stereocenters. The van der Waals surface area contributed by atoms with Crippen LogP contribution in [-0.2, 0) is 52.5 Å². The molecule has 246 valence electrons. The lowest BCUT2D eigenvalue weighted by molar-refractivity contribution is -0.229. The Morgan fingerprint density at radius 1 is 0.783 bits per heavy atom. The number of ketones is 1. The van der Waals surface area contributed by atoms with E-state index in [1.54, 1.807) is 0 Å². The summed E-state index contributed by atoms with van der Waals surface area (Å²) in [5.74, 6) is -5.59. The molecule has 2 aliphatic rings. The largest absolute Gasteiger partial charge is 0.463 e. The van der Waals surface area contributed by atoms with Gasteiger partial charge in [-0.05, 0) is 22.3 Å². The number of esters is 4. The number of fused-ring (bicyclic) bond motifs is 3. The van der Waals surface area contributed by atoms with Gasteiger partial charge in [-0.2, -0.15) is 0 Å². The highest BCUT2D eigenvalue weighted by Gasteiger charge is 2.51. The van der Waals surface area contributed by atoms with E-state index in [-0.39, 0.29) is 12.5 Å². The van der Waals surface area contributed by atoms with Gasteiger partial charge in [0.05, 0.1) is 6.61 Å². The van der Waals surface area contributed by atoms with Gasteiger partial charge in [0.2, 0.25) is 5.91 Å². The predicted molar refractivity (Wildman–Crippen MR) is 158 cm³/mol. The average molecular weight is 641 g/mol. The first kappa shape index (κ1) is 34.2. The van der Waals surface area contributed by atoms with Gasteiger partial charge in [-0.25, -0.2) is 4.79 Å². The van der Waals surface area contributed by atoms with Gasteiger partial charge >= 0.3 is 23.9 Å². The van der Waals surface area contributed by atoms with Gasteiger partial charge in [0.1, 0.15) is 37.6 Å². The zero-order valence-corrected chi connectivity index (χ0v) is 25.7. The number of hydrogen-bond acceptors (Lipinski definition) is 13. The van der Waals surface area contributed by atoms with Crippen LogP contribution >= 0.6 is 0 Å². The zero-order valence-electron chi connectivity index (χ0n) is 25.7. The normalized spacial score (nSPS) is 22.4. The van der Waals surface area contributed by atoms with Crippen LogP contribution in [0.2, 0.25) is 0 Å². The molecule has 1 fully saturated rings.